The largest absolute Gasteiger partial charge is 0.411 e. The van der Waals surface area contributed by atoms with Gasteiger partial charge >= 0.3 is 0 Å². The van der Waals surface area contributed by atoms with E-state index in [1.165, 1.54) is 44.7 Å². The summed E-state index contributed by atoms with van der Waals surface area (Å²) in [5.41, 5.74) is 4.06. The molecule has 0 spiro atoms. The Bertz CT molecular complexity index is 703. The summed E-state index contributed by atoms with van der Waals surface area (Å²) in [5, 5.41) is 32.9. The summed E-state index contributed by atoms with van der Waals surface area (Å²) in [6.07, 6.45) is 11.3. The van der Waals surface area contributed by atoms with Crippen LogP contribution in [0, 0.1) is 34.0 Å². The van der Waals surface area contributed by atoms with Gasteiger partial charge in [-0.05, 0) is 91.8 Å². The van der Waals surface area contributed by atoms with E-state index in [2.05, 4.69) is 46.7 Å². The zero-order chi connectivity index (χ0) is 23.0. The van der Waals surface area contributed by atoms with Gasteiger partial charge in [0.05, 0.1) is 12.2 Å². The highest BCUT2D eigenvalue weighted by Crippen LogP contribution is 2.70. The van der Waals surface area contributed by atoms with Gasteiger partial charge in [0, 0.05) is 12.6 Å². The molecular formula is C27H47NO3. The van der Waals surface area contributed by atoms with Crippen molar-refractivity contribution in [2.45, 2.75) is 118 Å². The maximum absolute atomic E-state index is 10.8. The summed E-state index contributed by atoms with van der Waals surface area (Å²) < 4.78 is 0. The number of hydrogen-bond acceptors (Lipinski definition) is 4. The second-order valence-corrected chi connectivity index (χ2v) is 11.8. The Morgan fingerprint density at radius 3 is 2.45 bits per heavy atom. The molecular weight excluding hydrogens is 386 g/mol. The van der Waals surface area contributed by atoms with Gasteiger partial charge in [0.1, 0.15) is 0 Å². The van der Waals surface area contributed by atoms with Gasteiger partial charge in [-0.1, -0.05) is 52.7 Å². The molecule has 0 heterocycles. The van der Waals surface area contributed by atoms with E-state index in [0.717, 1.165) is 19.3 Å². The molecule has 0 saturated heterocycles. The Balaban J connectivity index is 1.92. The van der Waals surface area contributed by atoms with Crippen LogP contribution in [0.1, 0.15) is 106 Å². The molecule has 3 rings (SSSR count). The van der Waals surface area contributed by atoms with Crippen molar-refractivity contribution in [1.29, 1.82) is 0 Å². The summed E-state index contributed by atoms with van der Waals surface area (Å²) in [5.74, 6) is 1.35. The Labute approximate surface area is 190 Å². The van der Waals surface area contributed by atoms with Gasteiger partial charge in [-0.3, -0.25) is 0 Å². The quantitative estimate of drug-likeness (QED) is 0.181. The highest BCUT2D eigenvalue weighted by molar-refractivity contribution is 5.56. The van der Waals surface area contributed by atoms with Crippen molar-refractivity contribution < 1.29 is 15.4 Å². The summed E-state index contributed by atoms with van der Waals surface area (Å²) in [4.78, 5) is 0. The molecule has 8 atom stereocenters. The number of aliphatic hydroxyl groups is 2. The van der Waals surface area contributed by atoms with Crippen LogP contribution in [-0.2, 0) is 0 Å². The lowest BCUT2D eigenvalue weighted by atomic mass is 9.47. The Hall–Kier alpha value is -0.870. The third kappa shape index (κ3) is 4.01. The van der Waals surface area contributed by atoms with Crippen LogP contribution in [0.4, 0.5) is 0 Å². The molecule has 3 aliphatic rings. The van der Waals surface area contributed by atoms with Crippen molar-refractivity contribution in [2.24, 2.45) is 39.2 Å². The molecule has 1 saturated carbocycles. The average molecular weight is 434 g/mol. The average Bonchev–Trinajstić information content (AvgIpc) is 3.03. The third-order valence-electron chi connectivity index (χ3n) is 10.7. The van der Waals surface area contributed by atoms with Gasteiger partial charge in [0.2, 0.25) is 0 Å². The predicted octanol–water partition coefficient (Wildman–Crippen LogP) is 6.33. The fourth-order valence-corrected chi connectivity index (χ4v) is 7.87. The minimum atomic E-state index is -0.456. The molecule has 0 aromatic rings. The topological polar surface area (TPSA) is 73.0 Å². The van der Waals surface area contributed by atoms with Crippen LogP contribution in [0.2, 0.25) is 0 Å². The van der Waals surface area contributed by atoms with E-state index in [9.17, 15) is 10.2 Å². The van der Waals surface area contributed by atoms with Gasteiger partial charge in [-0.2, -0.15) is 0 Å². The van der Waals surface area contributed by atoms with Gasteiger partial charge < -0.3 is 15.4 Å². The first-order valence-corrected chi connectivity index (χ1v) is 12.8. The molecule has 3 N–H and O–H groups in total. The standard InChI is InChI=1S/C27H47NO3/c1-7-20(29)10-14-25(4)18(2)8-9-23-22(25)12-16-26(5)21(11-15-27(23,26)6)19(3)24(30)13-17-28-31/h17-21,24,29-31H,7-16H2,1-6H3/b28-17+/t18?,19-,20+,21?,24?,25-,26+,27-/m0/s1. The molecule has 4 heteroatoms. The Morgan fingerprint density at radius 2 is 1.81 bits per heavy atom. The maximum atomic E-state index is 10.8. The molecule has 0 aromatic heterocycles. The van der Waals surface area contributed by atoms with E-state index in [0.29, 0.717) is 18.3 Å². The lowest BCUT2D eigenvalue weighted by molar-refractivity contribution is -0.00851. The van der Waals surface area contributed by atoms with Crippen LogP contribution in [0.3, 0.4) is 0 Å². The molecule has 0 radical (unpaired) electrons. The van der Waals surface area contributed by atoms with Crippen LogP contribution in [0.15, 0.2) is 16.3 Å². The van der Waals surface area contributed by atoms with E-state index < -0.39 is 6.10 Å². The minimum absolute atomic E-state index is 0.180. The molecule has 31 heavy (non-hydrogen) atoms. The van der Waals surface area contributed by atoms with Crippen LogP contribution in [-0.4, -0.2) is 33.8 Å². The van der Waals surface area contributed by atoms with E-state index in [1.807, 2.05) is 0 Å². The number of fused-ring (bicyclic) bond motifs is 2. The smallest absolute Gasteiger partial charge is 0.0619 e. The number of aliphatic hydroxyl groups excluding tert-OH is 2. The van der Waals surface area contributed by atoms with E-state index in [-0.39, 0.29) is 28.3 Å². The van der Waals surface area contributed by atoms with Crippen LogP contribution in [0.25, 0.3) is 0 Å². The lowest BCUT2D eigenvalue weighted by Crippen LogP contribution is -2.48. The fourth-order valence-electron chi connectivity index (χ4n) is 7.87. The maximum Gasteiger partial charge on any atom is 0.0619 e. The summed E-state index contributed by atoms with van der Waals surface area (Å²) >= 11 is 0. The highest BCUT2D eigenvalue weighted by atomic mass is 16.4. The van der Waals surface area contributed by atoms with Crippen LogP contribution < -0.4 is 0 Å². The second-order valence-electron chi connectivity index (χ2n) is 11.8. The lowest BCUT2D eigenvalue weighted by Gasteiger charge is -2.57. The summed E-state index contributed by atoms with van der Waals surface area (Å²) in [6.45, 7) is 14.2. The van der Waals surface area contributed by atoms with E-state index >= 15 is 0 Å². The monoisotopic (exact) mass is 433 g/mol. The molecule has 0 bridgehead atoms. The SMILES string of the molecule is CC[C@@H](O)CC[C@]1(C)C2=C(CCC1C)[C@]1(C)CCC([C@H](C)C(O)C/C=N/O)[C@@]1(C)CC2. The Morgan fingerprint density at radius 1 is 1.10 bits per heavy atom. The Kier molecular flexibility index (Phi) is 7.33. The van der Waals surface area contributed by atoms with Crippen LogP contribution in [0.5, 0.6) is 0 Å². The first-order chi connectivity index (χ1) is 14.5. The fraction of sp³-hybridized carbons (Fsp3) is 0.889. The molecule has 4 nitrogen and oxygen atoms in total. The van der Waals surface area contributed by atoms with E-state index in [1.54, 1.807) is 11.1 Å². The molecule has 0 aliphatic heterocycles. The molecule has 3 unspecified atom stereocenters. The number of allylic oxidation sites excluding steroid dienone is 2. The minimum Gasteiger partial charge on any atom is -0.411 e. The third-order valence-corrected chi connectivity index (χ3v) is 10.7. The van der Waals surface area contributed by atoms with Gasteiger partial charge in [0.25, 0.3) is 0 Å². The summed E-state index contributed by atoms with van der Waals surface area (Å²) in [7, 11) is 0. The first kappa shape index (κ1) is 24.8. The number of rotatable bonds is 8. The van der Waals surface area contributed by atoms with Crippen molar-refractivity contribution in [1.82, 2.24) is 0 Å². The van der Waals surface area contributed by atoms with Crippen molar-refractivity contribution >= 4 is 6.21 Å². The summed E-state index contributed by atoms with van der Waals surface area (Å²) in [6, 6.07) is 0. The van der Waals surface area contributed by atoms with Gasteiger partial charge in [0.15, 0.2) is 0 Å². The van der Waals surface area contributed by atoms with Crippen molar-refractivity contribution in [3.05, 3.63) is 11.1 Å². The number of oxime groups is 1. The number of nitrogens with zero attached hydrogens (tertiary/aromatic N) is 1. The highest BCUT2D eigenvalue weighted by Gasteiger charge is 2.61. The van der Waals surface area contributed by atoms with Crippen molar-refractivity contribution in [2.75, 3.05) is 0 Å². The molecule has 3 aliphatic carbocycles. The molecule has 0 amide bonds. The molecule has 1 fully saturated rings. The predicted molar refractivity (Wildman–Crippen MR) is 127 cm³/mol. The van der Waals surface area contributed by atoms with Gasteiger partial charge in [-0.15, -0.1) is 5.16 Å². The van der Waals surface area contributed by atoms with Crippen molar-refractivity contribution in [3.8, 4) is 0 Å². The van der Waals surface area contributed by atoms with E-state index in [4.69, 9.17) is 5.21 Å². The van der Waals surface area contributed by atoms with Crippen LogP contribution >= 0.6 is 0 Å². The number of hydrogen-bond donors (Lipinski definition) is 3. The zero-order valence-corrected chi connectivity index (χ0v) is 20.8. The molecule has 0 aromatic carbocycles. The normalized spacial score (nSPS) is 41.2. The second kappa shape index (κ2) is 9.17. The van der Waals surface area contributed by atoms with Crippen molar-refractivity contribution in [3.63, 3.8) is 0 Å². The zero-order valence-electron chi connectivity index (χ0n) is 20.8. The van der Waals surface area contributed by atoms with Gasteiger partial charge in [-0.25, -0.2) is 0 Å². The first-order valence-electron chi connectivity index (χ1n) is 12.8. The molecule has 178 valence electrons.